The van der Waals surface area contributed by atoms with E-state index < -0.39 is 0 Å². The van der Waals surface area contributed by atoms with Crippen molar-refractivity contribution in [2.24, 2.45) is 0 Å². The van der Waals surface area contributed by atoms with Gasteiger partial charge in [0.05, 0.1) is 15.6 Å². The summed E-state index contributed by atoms with van der Waals surface area (Å²) in [5.74, 6) is 0.0221. The van der Waals surface area contributed by atoms with E-state index in [1.165, 1.54) is 0 Å². The van der Waals surface area contributed by atoms with Crippen LogP contribution in [0.2, 0.25) is 10.0 Å². The lowest BCUT2D eigenvalue weighted by Crippen LogP contribution is -2.43. The third kappa shape index (κ3) is 3.04. The average molecular weight is 349 g/mol. The Morgan fingerprint density at radius 3 is 2.70 bits per heavy atom. The topological polar surface area (TPSA) is 32.3 Å². The second-order valence-corrected chi connectivity index (χ2v) is 6.37. The maximum absolute atomic E-state index is 12.9. The molecule has 5 heteroatoms. The number of rotatable bonds is 4. The molecule has 1 aliphatic rings. The monoisotopic (exact) mass is 348 g/mol. The molecule has 0 saturated carbocycles. The van der Waals surface area contributed by atoms with Crippen LogP contribution in [-0.2, 0) is 0 Å². The molecule has 0 bridgehead atoms. The van der Waals surface area contributed by atoms with Crippen LogP contribution < -0.4 is 5.32 Å². The second kappa shape index (κ2) is 6.81. The molecule has 0 spiro atoms. The van der Waals surface area contributed by atoms with Gasteiger partial charge in [-0.05, 0) is 24.6 Å². The molecule has 1 amide bonds. The van der Waals surface area contributed by atoms with Gasteiger partial charge < -0.3 is 10.2 Å². The molecule has 1 heterocycles. The Kier molecular flexibility index (Phi) is 4.79. The van der Waals surface area contributed by atoms with Crippen LogP contribution in [0.4, 0.5) is 5.69 Å². The van der Waals surface area contributed by atoms with Crippen molar-refractivity contribution < 1.29 is 4.79 Å². The third-order valence-electron chi connectivity index (χ3n) is 4.05. The molecule has 2 aromatic carbocycles. The molecule has 0 saturated heterocycles. The van der Waals surface area contributed by atoms with Crippen LogP contribution in [0.15, 0.2) is 42.5 Å². The minimum Gasteiger partial charge on any atom is -0.361 e. The number of anilines is 1. The lowest BCUT2D eigenvalue weighted by Gasteiger charge is -2.38. The smallest absolute Gasteiger partial charge is 0.257 e. The van der Waals surface area contributed by atoms with E-state index in [1.807, 2.05) is 41.3 Å². The van der Waals surface area contributed by atoms with E-state index in [0.717, 1.165) is 24.1 Å². The Morgan fingerprint density at radius 2 is 1.91 bits per heavy atom. The van der Waals surface area contributed by atoms with Crippen LogP contribution in [0.5, 0.6) is 0 Å². The quantitative estimate of drug-likeness (QED) is 0.806. The van der Waals surface area contributed by atoms with Gasteiger partial charge in [-0.25, -0.2) is 0 Å². The summed E-state index contributed by atoms with van der Waals surface area (Å²) in [6.07, 6.45) is 1.64. The molecule has 1 unspecified atom stereocenters. The number of hydrogen-bond acceptors (Lipinski definition) is 2. The van der Waals surface area contributed by atoms with Crippen LogP contribution in [0.1, 0.15) is 41.9 Å². The minimum absolute atomic E-state index is 0.0221. The highest BCUT2D eigenvalue weighted by Crippen LogP contribution is 2.38. The molecule has 0 fully saturated rings. The molecular formula is C18H18Cl2N2O. The summed E-state index contributed by atoms with van der Waals surface area (Å²) in [4.78, 5) is 14.7. The lowest BCUT2D eigenvalue weighted by atomic mass is 10.0. The number of benzene rings is 2. The van der Waals surface area contributed by atoms with Gasteiger partial charge in [-0.15, -0.1) is 0 Å². The highest BCUT2D eigenvalue weighted by Gasteiger charge is 2.33. The Morgan fingerprint density at radius 1 is 1.13 bits per heavy atom. The zero-order chi connectivity index (χ0) is 16.4. The number of carbonyl (C=O) groups is 1. The molecule has 23 heavy (non-hydrogen) atoms. The Labute approximate surface area is 146 Å². The highest BCUT2D eigenvalue weighted by molar-refractivity contribution is 6.42. The number of hydrogen-bond donors (Lipinski definition) is 1. The summed E-state index contributed by atoms with van der Waals surface area (Å²) in [6.45, 7) is 2.78. The van der Waals surface area contributed by atoms with Gasteiger partial charge >= 0.3 is 0 Å². The molecular weight excluding hydrogens is 331 g/mol. The first-order valence-corrected chi connectivity index (χ1v) is 8.49. The predicted molar refractivity (Wildman–Crippen MR) is 95.2 cm³/mol. The summed E-state index contributed by atoms with van der Waals surface area (Å²) in [5.41, 5.74) is 2.34. The van der Waals surface area contributed by atoms with Gasteiger partial charge in [-0.2, -0.15) is 0 Å². The van der Waals surface area contributed by atoms with Crippen LogP contribution in [0, 0.1) is 0 Å². The molecule has 2 aromatic rings. The van der Waals surface area contributed by atoms with E-state index in [2.05, 4.69) is 12.2 Å². The van der Waals surface area contributed by atoms with E-state index in [0.29, 0.717) is 22.2 Å². The van der Waals surface area contributed by atoms with Crippen molar-refractivity contribution in [3.05, 3.63) is 63.6 Å². The van der Waals surface area contributed by atoms with Crippen molar-refractivity contribution >= 4 is 34.8 Å². The third-order valence-corrected chi connectivity index (χ3v) is 4.88. The van der Waals surface area contributed by atoms with Crippen molar-refractivity contribution in [1.29, 1.82) is 0 Å². The lowest BCUT2D eigenvalue weighted by molar-refractivity contribution is 0.0680. The molecule has 1 N–H and O–H groups in total. The summed E-state index contributed by atoms with van der Waals surface area (Å²) in [6, 6.07) is 13.1. The first-order chi connectivity index (χ1) is 11.1. The molecule has 3 rings (SSSR count). The molecule has 120 valence electrons. The summed E-state index contributed by atoms with van der Waals surface area (Å²) >= 11 is 12.5. The summed E-state index contributed by atoms with van der Waals surface area (Å²) in [5, 5.41) is 4.41. The number of halogens is 2. The maximum atomic E-state index is 12.9. The molecule has 1 atom stereocenters. The molecule has 0 aliphatic carbocycles. The molecule has 0 radical (unpaired) electrons. The standard InChI is InChI=1S/C18H18Cl2N2O/c1-2-3-11-22-17(13-8-6-9-14(19)16(13)20)21-15-10-5-4-7-12(15)18(22)23/h4-10,17,21H,2-3,11H2,1H3. The molecule has 3 nitrogen and oxygen atoms in total. The number of unbranched alkanes of at least 4 members (excludes halogenated alkanes) is 1. The van der Waals surface area contributed by atoms with E-state index >= 15 is 0 Å². The molecule has 0 aromatic heterocycles. The average Bonchev–Trinajstić information content (AvgIpc) is 2.56. The van der Waals surface area contributed by atoms with E-state index in [-0.39, 0.29) is 12.1 Å². The van der Waals surface area contributed by atoms with Crippen molar-refractivity contribution in [2.75, 3.05) is 11.9 Å². The zero-order valence-corrected chi connectivity index (χ0v) is 14.4. The first-order valence-electron chi connectivity index (χ1n) is 7.74. The number of carbonyl (C=O) groups excluding carboxylic acids is 1. The fourth-order valence-electron chi connectivity index (χ4n) is 2.83. The van der Waals surface area contributed by atoms with Crippen molar-refractivity contribution in [3.63, 3.8) is 0 Å². The van der Waals surface area contributed by atoms with Crippen LogP contribution >= 0.6 is 23.2 Å². The number of para-hydroxylation sites is 1. The number of amides is 1. The van der Waals surface area contributed by atoms with Crippen molar-refractivity contribution in [3.8, 4) is 0 Å². The number of fused-ring (bicyclic) bond motifs is 1. The summed E-state index contributed by atoms with van der Waals surface area (Å²) < 4.78 is 0. The Balaban J connectivity index is 2.06. The zero-order valence-electron chi connectivity index (χ0n) is 12.9. The fraction of sp³-hybridized carbons (Fsp3) is 0.278. The molecule has 1 aliphatic heterocycles. The minimum atomic E-state index is -0.310. The van der Waals surface area contributed by atoms with Gasteiger partial charge in [-0.1, -0.05) is 60.8 Å². The number of nitrogens with zero attached hydrogens (tertiary/aromatic N) is 1. The normalized spacial score (nSPS) is 16.9. The van der Waals surface area contributed by atoms with Gasteiger partial charge in [0.25, 0.3) is 5.91 Å². The van der Waals surface area contributed by atoms with Gasteiger partial charge in [0.2, 0.25) is 0 Å². The maximum Gasteiger partial charge on any atom is 0.257 e. The Bertz CT molecular complexity index is 733. The van der Waals surface area contributed by atoms with Crippen LogP contribution in [-0.4, -0.2) is 17.4 Å². The van der Waals surface area contributed by atoms with Gasteiger partial charge in [0.1, 0.15) is 6.17 Å². The highest BCUT2D eigenvalue weighted by atomic mass is 35.5. The van der Waals surface area contributed by atoms with Crippen molar-refractivity contribution in [2.45, 2.75) is 25.9 Å². The number of nitrogens with one attached hydrogen (secondary N) is 1. The van der Waals surface area contributed by atoms with Crippen LogP contribution in [0.25, 0.3) is 0 Å². The largest absolute Gasteiger partial charge is 0.361 e. The van der Waals surface area contributed by atoms with Gasteiger partial charge in [0.15, 0.2) is 0 Å². The van der Waals surface area contributed by atoms with Gasteiger partial charge in [0, 0.05) is 17.8 Å². The van der Waals surface area contributed by atoms with E-state index in [4.69, 9.17) is 23.2 Å². The van der Waals surface area contributed by atoms with E-state index in [1.54, 1.807) is 6.07 Å². The Hall–Kier alpha value is -1.71. The van der Waals surface area contributed by atoms with E-state index in [9.17, 15) is 4.79 Å². The van der Waals surface area contributed by atoms with Crippen LogP contribution in [0.3, 0.4) is 0 Å². The second-order valence-electron chi connectivity index (χ2n) is 5.59. The fourth-order valence-corrected chi connectivity index (χ4v) is 3.24. The predicted octanol–water partition coefficient (Wildman–Crippen LogP) is 5.36. The SMILES string of the molecule is CCCCN1C(=O)c2ccccc2NC1c1cccc(Cl)c1Cl. The summed E-state index contributed by atoms with van der Waals surface area (Å²) in [7, 11) is 0. The van der Waals surface area contributed by atoms with Gasteiger partial charge in [-0.3, -0.25) is 4.79 Å². The first kappa shape index (κ1) is 16.2. The van der Waals surface area contributed by atoms with Crippen molar-refractivity contribution in [1.82, 2.24) is 4.90 Å².